The molecule has 0 fully saturated rings. The molecule has 0 amide bonds. The maximum absolute atomic E-state index is 6.30. The minimum Gasteiger partial charge on any atom is -0.456 e. The number of nitrogens with zero attached hydrogens (tertiary/aromatic N) is 1. The summed E-state index contributed by atoms with van der Waals surface area (Å²) < 4.78 is 8.77. The van der Waals surface area contributed by atoms with E-state index in [-0.39, 0.29) is 5.41 Å². The summed E-state index contributed by atoms with van der Waals surface area (Å²) in [5, 5.41) is 7.60. The maximum Gasteiger partial charge on any atom is 0.137 e. The Morgan fingerprint density at radius 1 is 0.543 bits per heavy atom. The molecule has 2 nitrogen and oxygen atoms in total. The monoisotopic (exact) mass is 447 g/mol. The van der Waals surface area contributed by atoms with Crippen LogP contribution in [0.25, 0.3) is 71.2 Å². The Labute approximate surface area is 201 Å². The number of aromatic nitrogens is 1. The molecule has 0 N–H and O–H groups in total. The first-order chi connectivity index (χ1) is 17.1. The van der Waals surface area contributed by atoms with Gasteiger partial charge >= 0.3 is 0 Å². The number of benzene rings is 5. The third kappa shape index (κ3) is 1.96. The van der Waals surface area contributed by atoms with Crippen LogP contribution in [-0.4, -0.2) is 4.40 Å². The first kappa shape index (κ1) is 18.1. The van der Waals surface area contributed by atoms with Gasteiger partial charge in [-0.25, -0.2) is 0 Å². The predicted molar refractivity (Wildman–Crippen MR) is 146 cm³/mol. The summed E-state index contributed by atoms with van der Waals surface area (Å²) in [6.07, 6.45) is 0. The molecule has 0 radical (unpaired) electrons. The molecule has 0 saturated carbocycles. The van der Waals surface area contributed by atoms with Crippen molar-refractivity contribution in [1.82, 2.24) is 4.40 Å². The van der Waals surface area contributed by atoms with Gasteiger partial charge in [0.15, 0.2) is 0 Å². The zero-order valence-corrected chi connectivity index (χ0v) is 19.5. The largest absolute Gasteiger partial charge is 0.456 e. The molecule has 0 aliphatic heterocycles. The van der Waals surface area contributed by atoms with Crippen LogP contribution in [0.1, 0.15) is 25.0 Å². The summed E-state index contributed by atoms with van der Waals surface area (Å²) in [6.45, 7) is 4.71. The van der Waals surface area contributed by atoms with Crippen LogP contribution in [0.5, 0.6) is 0 Å². The summed E-state index contributed by atoms with van der Waals surface area (Å²) in [5.74, 6) is 0. The fourth-order valence-corrected chi connectivity index (χ4v) is 6.89. The van der Waals surface area contributed by atoms with Crippen LogP contribution in [-0.2, 0) is 5.41 Å². The lowest BCUT2D eigenvalue weighted by Crippen LogP contribution is -2.14. The lowest BCUT2D eigenvalue weighted by molar-refractivity contribution is 0.661. The highest BCUT2D eigenvalue weighted by molar-refractivity contribution is 6.26. The Hall–Kier alpha value is -4.30. The van der Waals surface area contributed by atoms with Crippen molar-refractivity contribution in [3.63, 3.8) is 0 Å². The molecule has 0 unspecified atom stereocenters. The van der Waals surface area contributed by atoms with E-state index in [1.807, 2.05) is 6.07 Å². The smallest absolute Gasteiger partial charge is 0.137 e. The first-order valence-electron chi connectivity index (χ1n) is 12.3. The molecule has 9 rings (SSSR count). The van der Waals surface area contributed by atoms with Crippen LogP contribution < -0.4 is 0 Å². The first-order valence-corrected chi connectivity index (χ1v) is 12.3. The standard InChI is InChI=1S/C33H21NO/c1-33(2)26-12-5-3-8-18(26)22-14-23-20-10-7-11-21-24-15-25-19-9-4-6-13-30(19)35-31(25)17-29(24)34(32(20)21)28(23)16-27(22)33/h3-17H,1-2H3. The van der Waals surface area contributed by atoms with Gasteiger partial charge in [0.05, 0.1) is 16.6 Å². The molecule has 0 atom stereocenters. The van der Waals surface area contributed by atoms with E-state index in [4.69, 9.17) is 4.42 Å². The molecule has 5 aromatic carbocycles. The van der Waals surface area contributed by atoms with Gasteiger partial charge in [0.1, 0.15) is 11.2 Å². The fourth-order valence-electron chi connectivity index (χ4n) is 6.89. The summed E-state index contributed by atoms with van der Waals surface area (Å²) >= 11 is 0. The van der Waals surface area contributed by atoms with Gasteiger partial charge in [0.25, 0.3) is 0 Å². The molecule has 0 spiro atoms. The predicted octanol–water partition coefficient (Wildman–Crippen LogP) is 9.04. The van der Waals surface area contributed by atoms with Gasteiger partial charge in [0.2, 0.25) is 0 Å². The maximum atomic E-state index is 6.30. The average Bonchev–Trinajstić information content (AvgIpc) is 3.57. The zero-order chi connectivity index (χ0) is 23.1. The molecule has 3 aromatic heterocycles. The lowest BCUT2D eigenvalue weighted by atomic mass is 9.82. The SMILES string of the molecule is CC1(C)c2ccccc2-c2cc3c4cccc5c6cc7c(cc6n(c3cc21)c45)oc1ccccc17. The van der Waals surface area contributed by atoms with Crippen molar-refractivity contribution in [2.45, 2.75) is 19.3 Å². The van der Waals surface area contributed by atoms with E-state index < -0.39 is 0 Å². The number of hydrogen-bond acceptors (Lipinski definition) is 1. The van der Waals surface area contributed by atoms with E-state index in [0.717, 1.165) is 11.2 Å². The van der Waals surface area contributed by atoms with E-state index in [2.05, 4.69) is 103 Å². The van der Waals surface area contributed by atoms with Gasteiger partial charge in [0, 0.05) is 43.8 Å². The van der Waals surface area contributed by atoms with Crippen LogP contribution in [0.15, 0.2) is 95.4 Å². The average molecular weight is 448 g/mol. The van der Waals surface area contributed by atoms with E-state index in [9.17, 15) is 0 Å². The highest BCUT2D eigenvalue weighted by Gasteiger charge is 2.36. The summed E-state index contributed by atoms with van der Waals surface area (Å²) in [4.78, 5) is 0. The van der Waals surface area contributed by atoms with Gasteiger partial charge in [-0.05, 0) is 46.5 Å². The summed E-state index contributed by atoms with van der Waals surface area (Å²) in [5.41, 5.74) is 11.2. The second-order valence-electron chi connectivity index (χ2n) is 10.6. The van der Waals surface area contributed by atoms with Crippen LogP contribution >= 0.6 is 0 Å². The van der Waals surface area contributed by atoms with Crippen LogP contribution in [0.3, 0.4) is 0 Å². The van der Waals surface area contributed by atoms with Crippen LogP contribution in [0.4, 0.5) is 0 Å². The Bertz CT molecular complexity index is 2190. The van der Waals surface area contributed by atoms with Crippen molar-refractivity contribution >= 4 is 60.0 Å². The Morgan fingerprint density at radius 2 is 1.26 bits per heavy atom. The van der Waals surface area contributed by atoms with E-state index in [1.165, 1.54) is 71.1 Å². The third-order valence-electron chi connectivity index (χ3n) is 8.52. The van der Waals surface area contributed by atoms with Gasteiger partial charge < -0.3 is 8.82 Å². The van der Waals surface area contributed by atoms with Crippen LogP contribution in [0.2, 0.25) is 0 Å². The second kappa shape index (κ2) is 5.67. The molecule has 2 heteroatoms. The number of para-hydroxylation sites is 2. The number of rotatable bonds is 0. The molecule has 164 valence electrons. The quantitative estimate of drug-likeness (QED) is 0.227. The molecule has 0 saturated heterocycles. The lowest BCUT2D eigenvalue weighted by Gasteiger charge is -2.21. The highest BCUT2D eigenvalue weighted by Crippen LogP contribution is 2.51. The van der Waals surface area contributed by atoms with Crippen LogP contribution in [0, 0.1) is 0 Å². The van der Waals surface area contributed by atoms with E-state index >= 15 is 0 Å². The molecule has 35 heavy (non-hydrogen) atoms. The molecule has 3 heterocycles. The van der Waals surface area contributed by atoms with E-state index in [1.54, 1.807) is 0 Å². The molecule has 1 aliphatic carbocycles. The Kier molecular flexibility index (Phi) is 2.93. The van der Waals surface area contributed by atoms with Crippen molar-refractivity contribution in [2.24, 2.45) is 0 Å². The number of furan rings is 1. The topological polar surface area (TPSA) is 17.6 Å². The second-order valence-corrected chi connectivity index (χ2v) is 10.6. The zero-order valence-electron chi connectivity index (χ0n) is 19.5. The van der Waals surface area contributed by atoms with Crippen molar-refractivity contribution < 1.29 is 4.42 Å². The Balaban J connectivity index is 1.49. The molecule has 1 aliphatic rings. The Morgan fingerprint density at radius 3 is 2.14 bits per heavy atom. The highest BCUT2D eigenvalue weighted by atomic mass is 16.3. The summed E-state index contributed by atoms with van der Waals surface area (Å²) in [6, 6.07) is 33.4. The minimum absolute atomic E-state index is 0.0240. The molecular weight excluding hydrogens is 426 g/mol. The number of hydrogen-bond donors (Lipinski definition) is 0. The normalized spacial score (nSPS) is 14.8. The number of fused-ring (bicyclic) bond motifs is 12. The van der Waals surface area contributed by atoms with Crippen molar-refractivity contribution in [3.8, 4) is 11.1 Å². The van der Waals surface area contributed by atoms with Gasteiger partial charge in [-0.2, -0.15) is 0 Å². The van der Waals surface area contributed by atoms with Gasteiger partial charge in [-0.1, -0.05) is 74.5 Å². The molecule has 0 bridgehead atoms. The fraction of sp³-hybridized carbons (Fsp3) is 0.0909. The summed E-state index contributed by atoms with van der Waals surface area (Å²) in [7, 11) is 0. The van der Waals surface area contributed by atoms with Crippen molar-refractivity contribution in [1.29, 1.82) is 0 Å². The van der Waals surface area contributed by atoms with Crippen molar-refractivity contribution in [2.75, 3.05) is 0 Å². The molecular formula is C33H21NO. The molecule has 8 aromatic rings. The minimum atomic E-state index is -0.0240. The van der Waals surface area contributed by atoms with Gasteiger partial charge in [-0.3, -0.25) is 0 Å². The van der Waals surface area contributed by atoms with Crippen molar-refractivity contribution in [3.05, 3.63) is 102 Å². The van der Waals surface area contributed by atoms with E-state index in [0.29, 0.717) is 0 Å². The van der Waals surface area contributed by atoms with Gasteiger partial charge in [-0.15, -0.1) is 0 Å². The third-order valence-corrected chi connectivity index (χ3v) is 8.52.